The molecule has 1 amide bonds. The van der Waals surface area contributed by atoms with Gasteiger partial charge in [-0.3, -0.25) is 4.79 Å². The zero-order chi connectivity index (χ0) is 12.0. The van der Waals surface area contributed by atoms with Crippen LogP contribution in [0.2, 0.25) is 0 Å². The molecule has 1 saturated heterocycles. The Morgan fingerprint density at radius 3 is 2.88 bits per heavy atom. The van der Waals surface area contributed by atoms with E-state index in [0.717, 1.165) is 39.0 Å². The normalized spacial score (nSPS) is 23.2. The van der Waals surface area contributed by atoms with Crippen LogP contribution in [0.15, 0.2) is 0 Å². The fraction of sp³-hybridized carbons (Fsp3) is 0.917. The van der Waals surface area contributed by atoms with Crippen LogP contribution < -0.4 is 5.32 Å². The van der Waals surface area contributed by atoms with Crippen LogP contribution in [0.1, 0.15) is 26.2 Å². The first-order chi connectivity index (χ1) is 7.65. The Morgan fingerprint density at radius 2 is 2.19 bits per heavy atom. The van der Waals surface area contributed by atoms with E-state index in [9.17, 15) is 4.79 Å². The molecule has 0 bridgehead atoms. The summed E-state index contributed by atoms with van der Waals surface area (Å²) in [5, 5.41) is 3.08. The molecule has 0 aliphatic carbocycles. The quantitative estimate of drug-likeness (QED) is 0.712. The maximum Gasteiger partial charge on any atom is 0.222 e. The molecular formula is C12H25N3O. The van der Waals surface area contributed by atoms with E-state index in [-0.39, 0.29) is 0 Å². The van der Waals surface area contributed by atoms with Gasteiger partial charge in [-0.1, -0.05) is 0 Å². The van der Waals surface area contributed by atoms with Crippen LogP contribution in [0.4, 0.5) is 0 Å². The SMILES string of the molecule is CNCCCC(=O)N1CCCN(C)CC1C. The van der Waals surface area contributed by atoms with Crippen molar-refractivity contribution in [2.75, 3.05) is 40.3 Å². The van der Waals surface area contributed by atoms with E-state index in [0.29, 0.717) is 18.4 Å². The summed E-state index contributed by atoms with van der Waals surface area (Å²) in [6, 6.07) is 0.356. The highest BCUT2D eigenvalue weighted by Gasteiger charge is 2.23. The largest absolute Gasteiger partial charge is 0.339 e. The van der Waals surface area contributed by atoms with E-state index in [1.54, 1.807) is 0 Å². The number of nitrogens with one attached hydrogen (secondary N) is 1. The number of rotatable bonds is 4. The summed E-state index contributed by atoms with van der Waals surface area (Å²) < 4.78 is 0. The fourth-order valence-corrected chi connectivity index (χ4v) is 2.30. The highest BCUT2D eigenvalue weighted by Crippen LogP contribution is 2.10. The zero-order valence-electron chi connectivity index (χ0n) is 10.8. The number of nitrogens with zero attached hydrogens (tertiary/aromatic N) is 2. The van der Waals surface area contributed by atoms with Gasteiger partial charge in [0.15, 0.2) is 0 Å². The van der Waals surface area contributed by atoms with E-state index in [1.807, 2.05) is 7.05 Å². The van der Waals surface area contributed by atoms with Crippen molar-refractivity contribution in [1.29, 1.82) is 0 Å². The van der Waals surface area contributed by atoms with Crippen LogP contribution in [0.25, 0.3) is 0 Å². The first-order valence-corrected chi connectivity index (χ1v) is 6.27. The van der Waals surface area contributed by atoms with Crippen LogP contribution in [-0.4, -0.2) is 62.0 Å². The Hall–Kier alpha value is -0.610. The fourth-order valence-electron chi connectivity index (χ4n) is 2.30. The van der Waals surface area contributed by atoms with Crippen molar-refractivity contribution in [2.24, 2.45) is 0 Å². The Kier molecular flexibility index (Phi) is 5.77. The van der Waals surface area contributed by atoms with Gasteiger partial charge >= 0.3 is 0 Å². The lowest BCUT2D eigenvalue weighted by Crippen LogP contribution is -2.42. The average Bonchev–Trinajstić information content (AvgIpc) is 2.39. The van der Waals surface area contributed by atoms with Crippen LogP contribution in [0.5, 0.6) is 0 Å². The first kappa shape index (κ1) is 13.5. The Morgan fingerprint density at radius 1 is 1.44 bits per heavy atom. The van der Waals surface area contributed by atoms with E-state index in [4.69, 9.17) is 0 Å². The number of amides is 1. The van der Waals surface area contributed by atoms with Gasteiger partial charge in [0.25, 0.3) is 0 Å². The monoisotopic (exact) mass is 227 g/mol. The van der Waals surface area contributed by atoms with E-state index >= 15 is 0 Å². The Balaban J connectivity index is 2.40. The number of hydrogen-bond donors (Lipinski definition) is 1. The number of likely N-dealkylation sites (N-methyl/N-ethyl adjacent to an activating group) is 1. The van der Waals surface area contributed by atoms with Gasteiger partial charge in [-0.05, 0) is 47.0 Å². The highest BCUT2D eigenvalue weighted by atomic mass is 16.2. The van der Waals surface area contributed by atoms with Crippen molar-refractivity contribution in [3.05, 3.63) is 0 Å². The molecule has 4 nitrogen and oxygen atoms in total. The van der Waals surface area contributed by atoms with Gasteiger partial charge in [-0.2, -0.15) is 0 Å². The Labute approximate surface area is 99.0 Å². The van der Waals surface area contributed by atoms with Crippen LogP contribution in [-0.2, 0) is 4.79 Å². The second kappa shape index (κ2) is 6.86. The molecule has 0 spiro atoms. The summed E-state index contributed by atoms with van der Waals surface area (Å²) in [4.78, 5) is 16.4. The molecule has 0 aromatic rings. The molecule has 1 atom stereocenters. The van der Waals surface area contributed by atoms with Gasteiger partial charge in [0, 0.05) is 25.6 Å². The average molecular weight is 227 g/mol. The van der Waals surface area contributed by atoms with Crippen molar-refractivity contribution in [3.63, 3.8) is 0 Å². The molecule has 0 radical (unpaired) electrons. The summed E-state index contributed by atoms with van der Waals surface area (Å²) in [5.74, 6) is 0.318. The van der Waals surface area contributed by atoms with Crippen molar-refractivity contribution >= 4 is 5.91 Å². The molecule has 4 heteroatoms. The van der Waals surface area contributed by atoms with E-state index in [1.165, 1.54) is 0 Å². The smallest absolute Gasteiger partial charge is 0.222 e. The molecule has 94 valence electrons. The first-order valence-electron chi connectivity index (χ1n) is 6.27. The standard InChI is InChI=1S/C12H25N3O/c1-11-10-14(3)8-5-9-15(11)12(16)6-4-7-13-2/h11,13H,4-10H2,1-3H3. The maximum absolute atomic E-state index is 12.0. The molecule has 0 aromatic heterocycles. The summed E-state index contributed by atoms with van der Waals surface area (Å²) in [5.41, 5.74) is 0. The number of hydrogen-bond acceptors (Lipinski definition) is 3. The third-order valence-corrected chi connectivity index (χ3v) is 3.18. The Bertz CT molecular complexity index is 220. The molecule has 16 heavy (non-hydrogen) atoms. The highest BCUT2D eigenvalue weighted by molar-refractivity contribution is 5.76. The number of carbonyl (C=O) groups excluding carboxylic acids is 1. The lowest BCUT2D eigenvalue weighted by atomic mass is 10.2. The topological polar surface area (TPSA) is 35.6 Å². The molecule has 1 heterocycles. The summed E-state index contributed by atoms with van der Waals surface area (Å²) in [6.45, 7) is 6.10. The predicted molar refractivity (Wildman–Crippen MR) is 66.4 cm³/mol. The molecule has 1 unspecified atom stereocenters. The molecule has 1 aliphatic heterocycles. The third kappa shape index (κ3) is 4.10. The van der Waals surface area contributed by atoms with Gasteiger partial charge in [0.1, 0.15) is 0 Å². The summed E-state index contributed by atoms with van der Waals surface area (Å²) in [6.07, 6.45) is 2.71. The molecule has 1 fully saturated rings. The maximum atomic E-state index is 12.0. The minimum atomic E-state index is 0.318. The van der Waals surface area contributed by atoms with Gasteiger partial charge in [-0.25, -0.2) is 0 Å². The van der Waals surface area contributed by atoms with Crippen molar-refractivity contribution in [1.82, 2.24) is 15.1 Å². The second-order valence-electron chi connectivity index (χ2n) is 4.76. The van der Waals surface area contributed by atoms with Crippen molar-refractivity contribution in [2.45, 2.75) is 32.2 Å². The molecule has 1 N–H and O–H groups in total. The van der Waals surface area contributed by atoms with Crippen molar-refractivity contribution < 1.29 is 4.79 Å². The van der Waals surface area contributed by atoms with Crippen molar-refractivity contribution in [3.8, 4) is 0 Å². The lowest BCUT2D eigenvalue weighted by molar-refractivity contribution is -0.133. The molecule has 0 aromatic carbocycles. The van der Waals surface area contributed by atoms with Crippen LogP contribution in [0.3, 0.4) is 0 Å². The third-order valence-electron chi connectivity index (χ3n) is 3.18. The van der Waals surface area contributed by atoms with E-state index in [2.05, 4.69) is 29.1 Å². The van der Waals surface area contributed by atoms with Gasteiger partial charge < -0.3 is 15.1 Å². The second-order valence-corrected chi connectivity index (χ2v) is 4.76. The molecule has 1 rings (SSSR count). The minimum absolute atomic E-state index is 0.318. The van der Waals surface area contributed by atoms with Gasteiger partial charge in [0.05, 0.1) is 0 Å². The molecule has 0 saturated carbocycles. The predicted octanol–water partition coefficient (Wildman–Crippen LogP) is 0.539. The summed E-state index contributed by atoms with van der Waals surface area (Å²) >= 11 is 0. The molecule has 1 aliphatic rings. The van der Waals surface area contributed by atoms with Gasteiger partial charge in [-0.15, -0.1) is 0 Å². The summed E-state index contributed by atoms with van der Waals surface area (Å²) in [7, 11) is 4.06. The molecular weight excluding hydrogens is 202 g/mol. The van der Waals surface area contributed by atoms with Crippen LogP contribution in [0, 0.1) is 0 Å². The van der Waals surface area contributed by atoms with Gasteiger partial charge in [0.2, 0.25) is 5.91 Å². The number of carbonyl (C=O) groups is 1. The van der Waals surface area contributed by atoms with E-state index < -0.39 is 0 Å². The minimum Gasteiger partial charge on any atom is -0.339 e. The lowest BCUT2D eigenvalue weighted by Gasteiger charge is -2.28. The van der Waals surface area contributed by atoms with Crippen LogP contribution >= 0.6 is 0 Å². The zero-order valence-corrected chi connectivity index (χ0v) is 10.8.